The van der Waals surface area contributed by atoms with Crippen LogP contribution in [0.5, 0.6) is 11.5 Å². The first kappa shape index (κ1) is 15.5. The zero-order valence-electron chi connectivity index (χ0n) is 12.8. The van der Waals surface area contributed by atoms with Crippen molar-refractivity contribution < 1.29 is 28.5 Å². The average molecular weight is 395 g/mol. The molecule has 1 aliphatic carbocycles. The molecule has 0 bridgehead atoms. The number of carbonyl (C=O) groups excluding carboxylic acids is 2. The number of hydrogen-bond donors (Lipinski definition) is 0. The van der Waals surface area contributed by atoms with Gasteiger partial charge in [-0.1, -0.05) is 22.4 Å². The van der Waals surface area contributed by atoms with Crippen LogP contribution in [0.1, 0.15) is 37.7 Å². The predicted molar refractivity (Wildman–Crippen MR) is 86.2 cm³/mol. The Hall–Kier alpha value is -2.02. The lowest BCUT2D eigenvalue weighted by atomic mass is 9.93. The van der Waals surface area contributed by atoms with E-state index in [1.165, 1.54) is 6.08 Å². The number of fused-ring (bicyclic) bond motifs is 1. The van der Waals surface area contributed by atoms with Crippen molar-refractivity contribution >= 4 is 33.9 Å². The summed E-state index contributed by atoms with van der Waals surface area (Å²) < 4.78 is 22.2. The van der Waals surface area contributed by atoms with E-state index in [0.717, 1.165) is 19.3 Å². The van der Waals surface area contributed by atoms with E-state index in [1.807, 2.05) is 0 Å². The first-order valence-electron chi connectivity index (χ1n) is 7.84. The van der Waals surface area contributed by atoms with E-state index in [1.54, 1.807) is 12.1 Å². The van der Waals surface area contributed by atoms with Crippen molar-refractivity contribution in [1.29, 1.82) is 0 Å². The molecule has 1 saturated heterocycles. The van der Waals surface area contributed by atoms with Crippen molar-refractivity contribution in [3.63, 3.8) is 0 Å². The molecule has 0 amide bonds. The minimum absolute atomic E-state index is 0.120. The fourth-order valence-electron chi connectivity index (χ4n) is 3.16. The van der Waals surface area contributed by atoms with Crippen LogP contribution in [-0.4, -0.2) is 24.5 Å². The summed E-state index contributed by atoms with van der Waals surface area (Å²) in [5, 5.41) is 0. The Bertz CT molecular complexity index is 726. The lowest BCUT2D eigenvalue weighted by molar-refractivity contribution is -0.244. The van der Waals surface area contributed by atoms with Gasteiger partial charge in [-0.25, -0.2) is 9.59 Å². The van der Waals surface area contributed by atoms with E-state index >= 15 is 0 Å². The van der Waals surface area contributed by atoms with Crippen LogP contribution in [0.2, 0.25) is 0 Å². The smallest absolute Gasteiger partial charge is 0.348 e. The van der Waals surface area contributed by atoms with Gasteiger partial charge in [0.25, 0.3) is 5.79 Å². The van der Waals surface area contributed by atoms with Gasteiger partial charge in [0.05, 0.1) is 0 Å². The molecule has 24 heavy (non-hydrogen) atoms. The molecule has 2 fully saturated rings. The van der Waals surface area contributed by atoms with Crippen LogP contribution in [0.15, 0.2) is 22.2 Å². The van der Waals surface area contributed by atoms with Gasteiger partial charge in [-0.3, -0.25) is 0 Å². The normalized spacial score (nSPS) is 21.5. The highest BCUT2D eigenvalue weighted by Crippen LogP contribution is 2.40. The zero-order chi connectivity index (χ0) is 16.7. The molecule has 1 saturated carbocycles. The van der Waals surface area contributed by atoms with Crippen molar-refractivity contribution in [2.45, 2.75) is 37.9 Å². The SMILES string of the molecule is O=C1OC2(CCCCC2)OC(=O)C1=Cc1cc2c(cc1Br)OCO2. The molecule has 6 nitrogen and oxygen atoms in total. The van der Waals surface area contributed by atoms with Gasteiger partial charge in [-0.05, 0) is 36.6 Å². The zero-order valence-corrected chi connectivity index (χ0v) is 14.4. The molecule has 7 heteroatoms. The summed E-state index contributed by atoms with van der Waals surface area (Å²) in [6.45, 7) is 0.147. The Kier molecular flexibility index (Phi) is 3.75. The number of esters is 2. The van der Waals surface area contributed by atoms with Gasteiger partial charge in [0.2, 0.25) is 6.79 Å². The van der Waals surface area contributed by atoms with Crippen molar-refractivity contribution in [1.82, 2.24) is 0 Å². The summed E-state index contributed by atoms with van der Waals surface area (Å²) in [5.41, 5.74) is 0.494. The molecule has 126 valence electrons. The molecule has 2 heterocycles. The Morgan fingerprint density at radius 3 is 2.25 bits per heavy atom. The third-order valence-electron chi connectivity index (χ3n) is 4.40. The second-order valence-corrected chi connectivity index (χ2v) is 6.89. The lowest BCUT2D eigenvalue weighted by Gasteiger charge is -2.38. The van der Waals surface area contributed by atoms with Crippen LogP contribution < -0.4 is 9.47 Å². The molecule has 0 aromatic heterocycles. The van der Waals surface area contributed by atoms with Crippen molar-refractivity contribution in [2.75, 3.05) is 6.79 Å². The van der Waals surface area contributed by atoms with E-state index in [9.17, 15) is 9.59 Å². The number of rotatable bonds is 1. The topological polar surface area (TPSA) is 71.1 Å². The molecule has 2 aliphatic heterocycles. The monoisotopic (exact) mass is 394 g/mol. The summed E-state index contributed by atoms with van der Waals surface area (Å²) in [6.07, 6.45) is 5.40. The van der Waals surface area contributed by atoms with Crippen LogP contribution >= 0.6 is 15.9 Å². The molecular formula is C17H15BrO6. The van der Waals surface area contributed by atoms with Crippen molar-refractivity contribution in [2.24, 2.45) is 0 Å². The van der Waals surface area contributed by atoms with Gasteiger partial charge in [0.15, 0.2) is 11.5 Å². The Labute approximate surface area is 146 Å². The summed E-state index contributed by atoms with van der Waals surface area (Å²) in [4.78, 5) is 24.7. The van der Waals surface area contributed by atoms with Crippen LogP contribution in [0.3, 0.4) is 0 Å². The molecule has 0 unspecified atom stereocenters. The molecule has 0 N–H and O–H groups in total. The lowest BCUT2D eigenvalue weighted by Crippen LogP contribution is -2.47. The largest absolute Gasteiger partial charge is 0.454 e. The predicted octanol–water partition coefficient (Wildman–Crippen LogP) is 3.32. The molecular weight excluding hydrogens is 380 g/mol. The van der Waals surface area contributed by atoms with Gasteiger partial charge >= 0.3 is 11.9 Å². The summed E-state index contributed by atoms with van der Waals surface area (Å²) in [5.74, 6) is -1.18. The van der Waals surface area contributed by atoms with Crippen LogP contribution in [0.4, 0.5) is 0 Å². The minimum atomic E-state index is -1.07. The van der Waals surface area contributed by atoms with E-state index in [-0.39, 0.29) is 12.4 Å². The molecule has 0 atom stereocenters. The second kappa shape index (κ2) is 5.81. The maximum absolute atomic E-state index is 12.4. The van der Waals surface area contributed by atoms with Gasteiger partial charge in [0.1, 0.15) is 5.57 Å². The first-order valence-corrected chi connectivity index (χ1v) is 8.63. The Morgan fingerprint density at radius 1 is 0.958 bits per heavy atom. The minimum Gasteiger partial charge on any atom is -0.454 e. The molecule has 1 aromatic carbocycles. The van der Waals surface area contributed by atoms with Crippen molar-refractivity contribution in [3.05, 3.63) is 27.7 Å². The second-order valence-electron chi connectivity index (χ2n) is 6.04. The van der Waals surface area contributed by atoms with Gasteiger partial charge in [-0.15, -0.1) is 0 Å². The molecule has 1 spiro atoms. The van der Waals surface area contributed by atoms with Crippen LogP contribution in [-0.2, 0) is 19.1 Å². The van der Waals surface area contributed by atoms with E-state index in [4.69, 9.17) is 18.9 Å². The third-order valence-corrected chi connectivity index (χ3v) is 5.09. The number of carbonyl (C=O) groups is 2. The van der Waals surface area contributed by atoms with Gasteiger partial charge in [-0.2, -0.15) is 0 Å². The van der Waals surface area contributed by atoms with Crippen LogP contribution in [0.25, 0.3) is 6.08 Å². The molecule has 3 aliphatic rings. The molecule has 4 rings (SSSR count). The highest BCUT2D eigenvalue weighted by molar-refractivity contribution is 9.10. The Balaban J connectivity index is 1.64. The van der Waals surface area contributed by atoms with Gasteiger partial charge < -0.3 is 18.9 Å². The maximum atomic E-state index is 12.4. The maximum Gasteiger partial charge on any atom is 0.348 e. The van der Waals surface area contributed by atoms with Gasteiger partial charge in [0, 0.05) is 17.3 Å². The Morgan fingerprint density at radius 2 is 1.58 bits per heavy atom. The number of hydrogen-bond acceptors (Lipinski definition) is 6. The first-order chi connectivity index (χ1) is 11.6. The van der Waals surface area contributed by atoms with E-state index < -0.39 is 17.7 Å². The highest BCUT2D eigenvalue weighted by atomic mass is 79.9. The fourth-order valence-corrected chi connectivity index (χ4v) is 3.60. The number of benzene rings is 1. The number of halogens is 1. The molecule has 1 aromatic rings. The average Bonchev–Trinajstić information content (AvgIpc) is 2.98. The quantitative estimate of drug-likeness (QED) is 0.413. The standard InChI is InChI=1S/C17H15BrO6/c18-12-8-14-13(21-9-22-14)7-10(12)6-11-15(19)23-17(24-16(11)20)4-2-1-3-5-17/h6-8H,1-5,9H2. The van der Waals surface area contributed by atoms with E-state index in [2.05, 4.69) is 15.9 Å². The fraction of sp³-hybridized carbons (Fsp3) is 0.412. The highest BCUT2D eigenvalue weighted by Gasteiger charge is 2.46. The van der Waals surface area contributed by atoms with Crippen LogP contribution in [0, 0.1) is 0 Å². The molecule has 0 radical (unpaired) electrons. The summed E-state index contributed by atoms with van der Waals surface area (Å²) in [7, 11) is 0. The summed E-state index contributed by atoms with van der Waals surface area (Å²) in [6, 6.07) is 3.43. The van der Waals surface area contributed by atoms with E-state index in [0.29, 0.717) is 34.4 Å². The third kappa shape index (κ3) is 2.66. The van der Waals surface area contributed by atoms with Crippen molar-refractivity contribution in [3.8, 4) is 11.5 Å². The summed E-state index contributed by atoms with van der Waals surface area (Å²) >= 11 is 3.40. The number of ether oxygens (including phenoxy) is 4.